The largest absolute Gasteiger partial charge is 0.478 e. The van der Waals surface area contributed by atoms with Crippen molar-refractivity contribution in [3.8, 4) is 11.1 Å². The Morgan fingerprint density at radius 3 is 2.82 bits per heavy atom. The molecule has 0 amide bonds. The second-order valence-corrected chi connectivity index (χ2v) is 5.16. The van der Waals surface area contributed by atoms with Crippen LogP contribution in [0.2, 0.25) is 0 Å². The van der Waals surface area contributed by atoms with Gasteiger partial charge in [0.1, 0.15) is 11.9 Å². The Morgan fingerprint density at radius 2 is 2.14 bits per heavy atom. The van der Waals surface area contributed by atoms with Crippen molar-refractivity contribution in [3.05, 3.63) is 47.5 Å². The van der Waals surface area contributed by atoms with Crippen molar-refractivity contribution >= 4 is 17.3 Å². The van der Waals surface area contributed by atoms with E-state index in [9.17, 15) is 14.4 Å². The zero-order valence-electron chi connectivity index (χ0n) is 11.9. The SMILES string of the molecule is CC1Nc2ccc(-c3cccc(C(=O)O)c3)c(CO)c2N1F. The molecule has 1 aliphatic rings. The number of carbonyl (C=O) groups is 1. The molecule has 0 spiro atoms. The van der Waals surface area contributed by atoms with Gasteiger partial charge in [-0.1, -0.05) is 22.7 Å². The summed E-state index contributed by atoms with van der Waals surface area (Å²) in [6.07, 6.45) is -0.513. The molecule has 0 saturated heterocycles. The van der Waals surface area contributed by atoms with E-state index in [0.29, 0.717) is 33.2 Å². The summed E-state index contributed by atoms with van der Waals surface area (Å²) in [5.74, 6) is -1.03. The highest BCUT2D eigenvalue weighted by atomic mass is 19.2. The van der Waals surface area contributed by atoms with Gasteiger partial charge in [0.2, 0.25) is 0 Å². The van der Waals surface area contributed by atoms with Crippen molar-refractivity contribution in [2.75, 3.05) is 10.4 Å². The maximum Gasteiger partial charge on any atom is 0.335 e. The molecule has 1 atom stereocenters. The molecular weight excluding hydrogens is 287 g/mol. The van der Waals surface area contributed by atoms with Crippen LogP contribution in [0.3, 0.4) is 0 Å². The molecule has 2 aromatic carbocycles. The molecule has 22 heavy (non-hydrogen) atoms. The number of nitrogens with zero attached hydrogens (tertiary/aromatic N) is 1. The van der Waals surface area contributed by atoms with Gasteiger partial charge in [-0.25, -0.2) is 4.79 Å². The second kappa shape index (κ2) is 5.31. The number of halogens is 1. The number of carboxylic acids is 1. The maximum absolute atomic E-state index is 14.2. The summed E-state index contributed by atoms with van der Waals surface area (Å²) in [5.41, 5.74) is 2.72. The average molecular weight is 302 g/mol. The Labute approximate surface area is 126 Å². The molecule has 0 fully saturated rings. The Morgan fingerprint density at radius 1 is 1.36 bits per heavy atom. The van der Waals surface area contributed by atoms with Crippen molar-refractivity contribution < 1.29 is 19.5 Å². The summed E-state index contributed by atoms with van der Waals surface area (Å²) in [6, 6.07) is 9.85. The van der Waals surface area contributed by atoms with Gasteiger partial charge in [0.15, 0.2) is 0 Å². The lowest BCUT2D eigenvalue weighted by Crippen LogP contribution is -2.25. The van der Waals surface area contributed by atoms with Crippen molar-refractivity contribution in [1.29, 1.82) is 0 Å². The Balaban J connectivity index is 2.17. The van der Waals surface area contributed by atoms with E-state index in [1.807, 2.05) is 0 Å². The third-order valence-electron chi connectivity index (χ3n) is 3.78. The number of aliphatic hydroxyl groups is 1. The van der Waals surface area contributed by atoms with Crippen molar-refractivity contribution in [2.45, 2.75) is 19.7 Å². The molecule has 114 valence electrons. The number of aromatic carboxylic acids is 1. The second-order valence-electron chi connectivity index (χ2n) is 5.16. The Kier molecular flexibility index (Phi) is 3.46. The number of rotatable bonds is 3. The van der Waals surface area contributed by atoms with Crippen molar-refractivity contribution in [3.63, 3.8) is 0 Å². The van der Waals surface area contributed by atoms with Gasteiger partial charge in [-0.15, -0.1) is 0 Å². The zero-order chi connectivity index (χ0) is 15.9. The highest BCUT2D eigenvalue weighted by Gasteiger charge is 2.29. The van der Waals surface area contributed by atoms with Crippen LogP contribution < -0.4 is 10.4 Å². The minimum absolute atomic E-state index is 0.144. The molecule has 0 aliphatic carbocycles. The number of aliphatic hydroxyl groups excluding tert-OH is 1. The van der Waals surface area contributed by atoms with Gasteiger partial charge in [-0.2, -0.15) is 5.12 Å². The lowest BCUT2D eigenvalue weighted by molar-refractivity contribution is 0.0697. The van der Waals surface area contributed by atoms with E-state index in [1.54, 1.807) is 31.2 Å². The topological polar surface area (TPSA) is 72.8 Å². The third-order valence-corrected chi connectivity index (χ3v) is 3.78. The predicted molar refractivity (Wildman–Crippen MR) is 81.4 cm³/mol. The molecule has 1 heterocycles. The van der Waals surface area contributed by atoms with Gasteiger partial charge < -0.3 is 15.5 Å². The van der Waals surface area contributed by atoms with Crippen LogP contribution in [0.25, 0.3) is 11.1 Å². The van der Waals surface area contributed by atoms with Crippen LogP contribution in [0, 0.1) is 0 Å². The first-order chi connectivity index (χ1) is 10.5. The summed E-state index contributed by atoms with van der Waals surface area (Å²) < 4.78 is 14.2. The molecule has 2 aromatic rings. The number of benzene rings is 2. The first-order valence-electron chi connectivity index (χ1n) is 6.85. The van der Waals surface area contributed by atoms with E-state index in [0.717, 1.165) is 0 Å². The first-order valence-corrected chi connectivity index (χ1v) is 6.85. The summed E-state index contributed by atoms with van der Waals surface area (Å²) in [6.45, 7) is 1.33. The third kappa shape index (κ3) is 2.17. The van der Waals surface area contributed by atoms with Crippen molar-refractivity contribution in [2.24, 2.45) is 0 Å². The molecular formula is C16H15FN2O3. The van der Waals surface area contributed by atoms with E-state index >= 15 is 0 Å². The fraction of sp³-hybridized carbons (Fsp3) is 0.188. The summed E-state index contributed by atoms with van der Waals surface area (Å²) in [5, 5.41) is 22.3. The van der Waals surface area contributed by atoms with Crippen LogP contribution in [0.5, 0.6) is 0 Å². The molecule has 3 N–H and O–H groups in total. The smallest absolute Gasteiger partial charge is 0.335 e. The van der Waals surface area contributed by atoms with Gasteiger partial charge >= 0.3 is 5.97 Å². The van der Waals surface area contributed by atoms with Crippen molar-refractivity contribution in [1.82, 2.24) is 0 Å². The molecule has 0 radical (unpaired) electrons. The van der Waals surface area contributed by atoms with Crippen LogP contribution in [-0.4, -0.2) is 22.3 Å². The van der Waals surface area contributed by atoms with Gasteiger partial charge in [0, 0.05) is 5.56 Å². The summed E-state index contributed by atoms with van der Waals surface area (Å²) >= 11 is 0. The number of anilines is 2. The van der Waals surface area contributed by atoms with Crippen LogP contribution >= 0.6 is 0 Å². The fourth-order valence-corrected chi connectivity index (χ4v) is 2.72. The number of fused-ring (bicyclic) bond motifs is 1. The van der Waals surface area contributed by atoms with Gasteiger partial charge in [0.05, 0.1) is 17.9 Å². The van der Waals surface area contributed by atoms with Gasteiger partial charge in [0.25, 0.3) is 0 Å². The maximum atomic E-state index is 14.2. The summed E-state index contributed by atoms with van der Waals surface area (Å²) in [4.78, 5) is 11.1. The average Bonchev–Trinajstić information content (AvgIpc) is 2.81. The molecule has 0 bridgehead atoms. The van der Waals surface area contributed by atoms with Gasteiger partial charge in [-0.05, 0) is 36.2 Å². The molecule has 3 rings (SSSR count). The minimum atomic E-state index is -1.03. The highest BCUT2D eigenvalue weighted by Crippen LogP contribution is 2.42. The van der Waals surface area contributed by atoms with E-state index < -0.39 is 12.1 Å². The molecule has 1 unspecified atom stereocenters. The number of carboxylic acid groups (broad SMARTS) is 1. The minimum Gasteiger partial charge on any atom is -0.478 e. The lowest BCUT2D eigenvalue weighted by atomic mass is 9.96. The molecule has 0 saturated carbocycles. The zero-order valence-corrected chi connectivity index (χ0v) is 11.9. The Bertz CT molecular complexity index is 748. The van der Waals surface area contributed by atoms with E-state index in [1.165, 1.54) is 12.1 Å². The lowest BCUT2D eigenvalue weighted by Gasteiger charge is -2.16. The predicted octanol–water partition coefficient (Wildman–Crippen LogP) is 3.01. The molecule has 5 nitrogen and oxygen atoms in total. The van der Waals surface area contributed by atoms with E-state index in [2.05, 4.69) is 5.32 Å². The van der Waals surface area contributed by atoms with E-state index in [-0.39, 0.29) is 12.2 Å². The normalized spacial score (nSPS) is 16.3. The van der Waals surface area contributed by atoms with E-state index in [4.69, 9.17) is 5.11 Å². The number of hydrogen-bond donors (Lipinski definition) is 3. The fourth-order valence-electron chi connectivity index (χ4n) is 2.72. The summed E-state index contributed by atoms with van der Waals surface area (Å²) in [7, 11) is 0. The van der Waals surface area contributed by atoms with Crippen LogP contribution in [0.1, 0.15) is 22.8 Å². The van der Waals surface area contributed by atoms with Crippen LogP contribution in [-0.2, 0) is 6.61 Å². The number of hydrogen-bond acceptors (Lipinski definition) is 4. The molecule has 1 aliphatic heterocycles. The number of nitrogens with one attached hydrogen (secondary N) is 1. The quantitative estimate of drug-likeness (QED) is 0.760. The Hall–Kier alpha value is -2.60. The molecule has 6 heteroatoms. The standard InChI is InChI=1S/C16H15FN2O3/c1-9-18-14-6-5-12(13(8-20)15(14)19(9)17)10-3-2-4-11(7-10)16(21)22/h2-7,9,18,20H,8H2,1H3,(H,21,22). The first kappa shape index (κ1) is 14.3. The van der Waals surface area contributed by atoms with Crippen LogP contribution in [0.15, 0.2) is 36.4 Å². The highest BCUT2D eigenvalue weighted by molar-refractivity contribution is 5.91. The van der Waals surface area contributed by atoms with Crippen LogP contribution in [0.4, 0.5) is 15.9 Å². The molecule has 0 aromatic heterocycles. The van der Waals surface area contributed by atoms with Gasteiger partial charge in [-0.3, -0.25) is 0 Å². The monoisotopic (exact) mass is 302 g/mol.